The van der Waals surface area contributed by atoms with Crippen LogP contribution in [0.25, 0.3) is 10.2 Å². The summed E-state index contributed by atoms with van der Waals surface area (Å²) in [5, 5.41) is 13.1. The predicted octanol–water partition coefficient (Wildman–Crippen LogP) is 2.61. The molecule has 3 rings (SSSR count). The molecule has 1 fully saturated rings. The second-order valence-corrected chi connectivity index (χ2v) is 6.98. The van der Waals surface area contributed by atoms with Crippen LogP contribution in [0.2, 0.25) is 0 Å². The van der Waals surface area contributed by atoms with Gasteiger partial charge in [-0.15, -0.1) is 0 Å². The number of rotatable bonds is 4. The van der Waals surface area contributed by atoms with Crippen LogP contribution in [-0.2, 0) is 4.79 Å². The maximum absolute atomic E-state index is 13.2. The number of amides is 1. The van der Waals surface area contributed by atoms with Crippen LogP contribution in [0.1, 0.15) is 26.2 Å². The quantitative estimate of drug-likeness (QED) is 0.900. The van der Waals surface area contributed by atoms with Crippen LogP contribution in [0, 0.1) is 5.82 Å². The molecule has 0 radical (unpaired) electrons. The van der Waals surface area contributed by atoms with E-state index in [1.165, 1.54) is 23.5 Å². The summed E-state index contributed by atoms with van der Waals surface area (Å²) in [6, 6.07) is 4.40. The number of benzene rings is 1. The first-order chi connectivity index (χ1) is 11.0. The van der Waals surface area contributed by atoms with Gasteiger partial charge in [0.2, 0.25) is 5.91 Å². The molecular weight excluding hydrogens is 317 g/mol. The number of carbonyl (C=O) groups excluding carboxylic acids is 1. The number of likely N-dealkylation sites (tertiary alicyclic amines) is 1. The summed E-state index contributed by atoms with van der Waals surface area (Å²) in [5.41, 5.74) is 0.673. The Balaban J connectivity index is 1.65. The zero-order valence-corrected chi connectivity index (χ0v) is 13.8. The van der Waals surface area contributed by atoms with Crippen molar-refractivity contribution in [3.05, 3.63) is 24.0 Å². The highest BCUT2D eigenvalue weighted by atomic mass is 32.1. The number of aliphatic hydroxyl groups excluding tert-OH is 1. The van der Waals surface area contributed by atoms with E-state index < -0.39 is 6.10 Å². The number of nitrogens with zero attached hydrogens (tertiary/aromatic N) is 2. The van der Waals surface area contributed by atoms with Crippen molar-refractivity contribution >= 4 is 32.6 Å². The molecule has 7 heteroatoms. The fraction of sp³-hybridized carbons (Fsp3) is 0.500. The molecule has 1 aromatic heterocycles. The number of halogens is 1. The van der Waals surface area contributed by atoms with Gasteiger partial charge in [0.25, 0.3) is 0 Å². The Kier molecular flexibility index (Phi) is 4.89. The van der Waals surface area contributed by atoms with Gasteiger partial charge in [-0.05, 0) is 44.5 Å². The molecule has 2 heterocycles. The third kappa shape index (κ3) is 3.85. The number of anilines is 1. The lowest BCUT2D eigenvalue weighted by Crippen LogP contribution is -2.48. The van der Waals surface area contributed by atoms with Crippen LogP contribution < -0.4 is 5.32 Å². The van der Waals surface area contributed by atoms with Crippen molar-refractivity contribution in [2.75, 3.05) is 18.4 Å². The maximum atomic E-state index is 13.2. The molecule has 2 N–H and O–H groups in total. The van der Waals surface area contributed by atoms with E-state index in [4.69, 9.17) is 0 Å². The smallest absolute Gasteiger partial charge is 0.240 e. The fourth-order valence-corrected chi connectivity index (χ4v) is 3.96. The summed E-state index contributed by atoms with van der Waals surface area (Å²) in [5.74, 6) is -0.468. The molecule has 0 aliphatic carbocycles. The second-order valence-electron chi connectivity index (χ2n) is 5.95. The number of hydrogen-bond donors (Lipinski definition) is 2. The molecule has 23 heavy (non-hydrogen) atoms. The van der Waals surface area contributed by atoms with Crippen molar-refractivity contribution in [3.63, 3.8) is 0 Å². The van der Waals surface area contributed by atoms with E-state index >= 15 is 0 Å². The number of aliphatic hydroxyl groups is 1. The minimum absolute atomic E-state index is 0.0268. The Labute approximate surface area is 138 Å². The number of nitrogens with one attached hydrogen (secondary N) is 1. The van der Waals surface area contributed by atoms with Crippen LogP contribution in [0.4, 0.5) is 9.52 Å². The average Bonchev–Trinajstić information content (AvgIpc) is 2.88. The number of hydrogen-bond acceptors (Lipinski definition) is 5. The standard InChI is InChI=1S/C16H20FN3O2S/c1-10(21)13-4-2-3-7-20(13)9-15(22)19-16-18-12-6-5-11(17)8-14(12)23-16/h5-6,8,10,13,21H,2-4,7,9H2,1H3,(H,18,19,22). The molecule has 1 amide bonds. The van der Waals surface area contributed by atoms with Crippen molar-refractivity contribution < 1.29 is 14.3 Å². The topological polar surface area (TPSA) is 65.5 Å². The van der Waals surface area contributed by atoms with Crippen LogP contribution in [0.3, 0.4) is 0 Å². The van der Waals surface area contributed by atoms with Gasteiger partial charge in [0.05, 0.1) is 22.9 Å². The van der Waals surface area contributed by atoms with Crippen LogP contribution in [0.15, 0.2) is 18.2 Å². The zero-order valence-electron chi connectivity index (χ0n) is 13.0. The van der Waals surface area contributed by atoms with Crippen molar-refractivity contribution in [2.45, 2.75) is 38.3 Å². The lowest BCUT2D eigenvalue weighted by Gasteiger charge is -2.36. The molecule has 2 atom stereocenters. The fourth-order valence-electron chi connectivity index (χ4n) is 3.05. The molecule has 1 saturated heterocycles. The van der Waals surface area contributed by atoms with E-state index in [9.17, 15) is 14.3 Å². The molecular formula is C16H20FN3O2S. The number of aromatic nitrogens is 1. The van der Waals surface area contributed by atoms with E-state index in [2.05, 4.69) is 10.3 Å². The number of piperidine rings is 1. The van der Waals surface area contributed by atoms with Crippen LogP contribution in [0.5, 0.6) is 0 Å². The second kappa shape index (κ2) is 6.90. The minimum Gasteiger partial charge on any atom is -0.392 e. The number of carbonyl (C=O) groups is 1. The molecule has 2 unspecified atom stereocenters. The largest absolute Gasteiger partial charge is 0.392 e. The monoisotopic (exact) mass is 337 g/mol. The van der Waals surface area contributed by atoms with E-state index in [1.807, 2.05) is 4.90 Å². The Morgan fingerprint density at radius 1 is 1.57 bits per heavy atom. The third-order valence-corrected chi connectivity index (χ3v) is 5.10. The first-order valence-corrected chi connectivity index (χ1v) is 8.62. The average molecular weight is 337 g/mol. The molecule has 124 valence electrons. The Bertz CT molecular complexity index is 704. The van der Waals surface area contributed by atoms with Crippen molar-refractivity contribution in [2.24, 2.45) is 0 Å². The van der Waals surface area contributed by atoms with Gasteiger partial charge in [0, 0.05) is 6.04 Å². The molecule has 1 aliphatic rings. The summed E-state index contributed by atoms with van der Waals surface area (Å²) < 4.78 is 13.9. The van der Waals surface area contributed by atoms with Gasteiger partial charge in [-0.3, -0.25) is 9.69 Å². The van der Waals surface area contributed by atoms with Crippen molar-refractivity contribution in [1.29, 1.82) is 0 Å². The molecule has 5 nitrogen and oxygen atoms in total. The van der Waals surface area contributed by atoms with Gasteiger partial charge in [-0.25, -0.2) is 9.37 Å². The highest BCUT2D eigenvalue weighted by molar-refractivity contribution is 7.22. The third-order valence-electron chi connectivity index (χ3n) is 4.16. The van der Waals surface area contributed by atoms with Crippen LogP contribution in [-0.4, -0.2) is 46.1 Å². The van der Waals surface area contributed by atoms with E-state index in [-0.39, 0.29) is 24.3 Å². The summed E-state index contributed by atoms with van der Waals surface area (Å²) >= 11 is 1.26. The van der Waals surface area contributed by atoms with E-state index in [0.29, 0.717) is 15.3 Å². The summed E-state index contributed by atoms with van der Waals surface area (Å²) in [6.07, 6.45) is 2.58. The van der Waals surface area contributed by atoms with Crippen LogP contribution >= 0.6 is 11.3 Å². The Morgan fingerprint density at radius 3 is 3.17 bits per heavy atom. The first kappa shape index (κ1) is 16.3. The number of fused-ring (bicyclic) bond motifs is 1. The van der Waals surface area contributed by atoms with Gasteiger partial charge in [-0.1, -0.05) is 17.8 Å². The number of thiazole rings is 1. The molecule has 0 bridgehead atoms. The van der Waals surface area contributed by atoms with Gasteiger partial charge in [-0.2, -0.15) is 0 Å². The molecule has 0 saturated carbocycles. The SMILES string of the molecule is CC(O)C1CCCCN1CC(=O)Nc1nc2ccc(F)cc2s1. The lowest BCUT2D eigenvalue weighted by atomic mass is 9.98. The first-order valence-electron chi connectivity index (χ1n) is 7.81. The highest BCUT2D eigenvalue weighted by Gasteiger charge is 2.27. The van der Waals surface area contributed by atoms with E-state index in [0.717, 1.165) is 25.8 Å². The van der Waals surface area contributed by atoms with Gasteiger partial charge in [0.15, 0.2) is 5.13 Å². The van der Waals surface area contributed by atoms with Crippen molar-refractivity contribution in [1.82, 2.24) is 9.88 Å². The van der Waals surface area contributed by atoms with Gasteiger partial charge in [0.1, 0.15) is 5.82 Å². The summed E-state index contributed by atoms with van der Waals surface area (Å²) in [6.45, 7) is 2.82. The molecule has 1 aliphatic heterocycles. The van der Waals surface area contributed by atoms with Gasteiger partial charge >= 0.3 is 0 Å². The molecule has 0 spiro atoms. The highest BCUT2D eigenvalue weighted by Crippen LogP contribution is 2.26. The Morgan fingerprint density at radius 2 is 2.39 bits per heavy atom. The predicted molar refractivity (Wildman–Crippen MR) is 89.1 cm³/mol. The molecule has 1 aromatic carbocycles. The molecule has 2 aromatic rings. The summed E-state index contributed by atoms with van der Waals surface area (Å²) in [7, 11) is 0. The van der Waals surface area contributed by atoms with E-state index in [1.54, 1.807) is 13.0 Å². The maximum Gasteiger partial charge on any atom is 0.240 e. The van der Waals surface area contributed by atoms with Gasteiger partial charge < -0.3 is 10.4 Å². The lowest BCUT2D eigenvalue weighted by molar-refractivity contribution is -0.118. The minimum atomic E-state index is -0.450. The normalized spacial score (nSPS) is 20.6. The summed E-state index contributed by atoms with van der Waals surface area (Å²) in [4.78, 5) is 18.6. The Hall–Kier alpha value is -1.57. The zero-order chi connectivity index (χ0) is 16.4. The van der Waals surface area contributed by atoms with Crippen molar-refractivity contribution in [3.8, 4) is 0 Å².